The van der Waals surface area contributed by atoms with E-state index in [1.807, 2.05) is 20.8 Å². The molecule has 2 aromatic rings. The van der Waals surface area contributed by atoms with Crippen molar-refractivity contribution in [3.8, 4) is 0 Å². The second-order valence-corrected chi connectivity index (χ2v) is 5.54. The number of nitrogens with one attached hydrogen (secondary N) is 1. The van der Waals surface area contributed by atoms with Crippen LogP contribution in [0.3, 0.4) is 0 Å². The average Bonchev–Trinajstić information content (AvgIpc) is 2.77. The second kappa shape index (κ2) is 5.01. The Kier molecular flexibility index (Phi) is 3.57. The summed E-state index contributed by atoms with van der Waals surface area (Å²) in [5.74, 6) is -0.0930. The van der Waals surface area contributed by atoms with Crippen LogP contribution in [-0.4, -0.2) is 16.0 Å². The third-order valence-electron chi connectivity index (χ3n) is 2.53. The molecule has 0 saturated heterocycles. The summed E-state index contributed by atoms with van der Waals surface area (Å²) in [5, 5.41) is 6.85. The predicted molar refractivity (Wildman–Crippen MR) is 72.4 cm³/mol. The summed E-state index contributed by atoms with van der Waals surface area (Å²) in [6.45, 7) is 6.03. The van der Waals surface area contributed by atoms with E-state index in [2.05, 4.69) is 15.5 Å². The van der Waals surface area contributed by atoms with Gasteiger partial charge in [0.1, 0.15) is 0 Å². The summed E-state index contributed by atoms with van der Waals surface area (Å²) in [4.78, 5) is 15.8. The highest BCUT2D eigenvalue weighted by atomic mass is 35.5. The van der Waals surface area contributed by atoms with E-state index in [9.17, 15) is 4.79 Å². The van der Waals surface area contributed by atoms with E-state index in [0.717, 1.165) is 5.69 Å². The zero-order valence-corrected chi connectivity index (χ0v) is 11.7. The molecule has 2 heterocycles. The zero-order chi connectivity index (χ0) is 14.0. The van der Waals surface area contributed by atoms with Gasteiger partial charge in [-0.3, -0.25) is 15.1 Å². The topological polar surface area (TPSA) is 68.0 Å². The van der Waals surface area contributed by atoms with Gasteiger partial charge >= 0.3 is 0 Å². The maximum Gasteiger partial charge on any atom is 0.261 e. The molecule has 2 aromatic heterocycles. The van der Waals surface area contributed by atoms with Crippen molar-refractivity contribution in [2.75, 3.05) is 5.32 Å². The van der Waals surface area contributed by atoms with E-state index >= 15 is 0 Å². The molecule has 0 unspecified atom stereocenters. The Hall–Kier alpha value is -1.88. The molecule has 0 fully saturated rings. The summed E-state index contributed by atoms with van der Waals surface area (Å²) < 4.78 is 5.08. The van der Waals surface area contributed by atoms with Gasteiger partial charge in [0.2, 0.25) is 5.88 Å². The summed E-state index contributed by atoms with van der Waals surface area (Å²) in [6, 6.07) is 3.25. The molecule has 0 radical (unpaired) electrons. The van der Waals surface area contributed by atoms with Crippen LogP contribution in [0.5, 0.6) is 0 Å². The molecular formula is C13H14ClN3O2. The Balaban J connectivity index is 2.16. The molecule has 1 N–H and O–H groups in total. The van der Waals surface area contributed by atoms with Crippen molar-refractivity contribution in [2.45, 2.75) is 26.2 Å². The van der Waals surface area contributed by atoms with E-state index in [1.165, 1.54) is 12.4 Å². The van der Waals surface area contributed by atoms with Gasteiger partial charge < -0.3 is 4.52 Å². The summed E-state index contributed by atoms with van der Waals surface area (Å²) in [7, 11) is 0. The monoisotopic (exact) mass is 279 g/mol. The molecule has 5 nitrogen and oxygen atoms in total. The van der Waals surface area contributed by atoms with Gasteiger partial charge in [0.15, 0.2) is 0 Å². The first-order valence-corrected chi connectivity index (χ1v) is 6.14. The van der Waals surface area contributed by atoms with Crippen molar-refractivity contribution >= 4 is 23.4 Å². The quantitative estimate of drug-likeness (QED) is 0.916. The number of rotatable bonds is 2. The Bertz CT molecular complexity index is 602. The summed E-state index contributed by atoms with van der Waals surface area (Å²) in [6.07, 6.45) is 2.92. The molecule has 0 bridgehead atoms. The number of halogens is 1. The highest BCUT2D eigenvalue weighted by Crippen LogP contribution is 2.24. The molecular weight excluding hydrogens is 266 g/mol. The van der Waals surface area contributed by atoms with Crippen LogP contribution in [0.4, 0.5) is 5.88 Å². The number of amides is 1. The van der Waals surface area contributed by atoms with Crippen LogP contribution in [0, 0.1) is 0 Å². The average molecular weight is 280 g/mol. The van der Waals surface area contributed by atoms with Gasteiger partial charge in [0, 0.05) is 23.9 Å². The minimum Gasteiger partial charge on any atom is -0.338 e. The van der Waals surface area contributed by atoms with Crippen molar-refractivity contribution in [1.82, 2.24) is 10.1 Å². The lowest BCUT2D eigenvalue weighted by Crippen LogP contribution is -2.13. The standard InChI is InChI=1S/C13H14ClN3O2/c1-13(2,3)10-6-11(19-17-10)16-12(18)8-7-15-5-4-9(8)14/h4-7H,1-3H3,(H,16,18). The third-order valence-corrected chi connectivity index (χ3v) is 2.86. The lowest BCUT2D eigenvalue weighted by molar-refractivity contribution is 0.102. The molecule has 0 saturated carbocycles. The number of pyridine rings is 1. The Labute approximate surface area is 116 Å². The van der Waals surface area contributed by atoms with Crippen molar-refractivity contribution in [2.24, 2.45) is 0 Å². The third kappa shape index (κ3) is 3.12. The Morgan fingerprint density at radius 1 is 1.42 bits per heavy atom. The van der Waals surface area contributed by atoms with Gasteiger partial charge in [0.05, 0.1) is 16.3 Å². The Morgan fingerprint density at radius 2 is 2.16 bits per heavy atom. The minimum absolute atomic E-state index is 0.140. The largest absolute Gasteiger partial charge is 0.338 e. The number of carbonyl (C=O) groups excluding carboxylic acids is 1. The van der Waals surface area contributed by atoms with Gasteiger partial charge in [-0.15, -0.1) is 0 Å². The molecule has 100 valence electrons. The molecule has 19 heavy (non-hydrogen) atoms. The van der Waals surface area contributed by atoms with Crippen LogP contribution >= 0.6 is 11.6 Å². The maximum absolute atomic E-state index is 12.0. The van der Waals surface area contributed by atoms with Crippen molar-refractivity contribution in [1.29, 1.82) is 0 Å². The van der Waals surface area contributed by atoms with E-state index in [0.29, 0.717) is 5.02 Å². The first-order valence-electron chi connectivity index (χ1n) is 5.76. The molecule has 1 amide bonds. The van der Waals surface area contributed by atoms with E-state index in [-0.39, 0.29) is 22.8 Å². The van der Waals surface area contributed by atoms with Crippen LogP contribution in [-0.2, 0) is 5.41 Å². The lowest BCUT2D eigenvalue weighted by atomic mass is 9.92. The highest BCUT2D eigenvalue weighted by molar-refractivity contribution is 6.34. The number of hydrogen-bond donors (Lipinski definition) is 1. The fourth-order valence-corrected chi connectivity index (χ4v) is 1.60. The first-order chi connectivity index (χ1) is 8.88. The first kappa shape index (κ1) is 13.5. The molecule has 0 aromatic carbocycles. The Morgan fingerprint density at radius 3 is 2.74 bits per heavy atom. The molecule has 2 rings (SSSR count). The molecule has 6 heteroatoms. The van der Waals surface area contributed by atoms with Gasteiger partial charge in [-0.2, -0.15) is 0 Å². The van der Waals surface area contributed by atoms with E-state index in [4.69, 9.17) is 16.1 Å². The van der Waals surface area contributed by atoms with Crippen LogP contribution < -0.4 is 5.32 Å². The van der Waals surface area contributed by atoms with Crippen LogP contribution in [0.2, 0.25) is 5.02 Å². The van der Waals surface area contributed by atoms with Gasteiger partial charge in [0.25, 0.3) is 5.91 Å². The maximum atomic E-state index is 12.0. The number of nitrogens with zero attached hydrogens (tertiary/aromatic N) is 2. The van der Waals surface area contributed by atoms with Crippen molar-refractivity contribution < 1.29 is 9.32 Å². The molecule has 0 atom stereocenters. The smallest absolute Gasteiger partial charge is 0.261 e. The van der Waals surface area contributed by atoms with Gasteiger partial charge in [-0.25, -0.2) is 0 Å². The minimum atomic E-state index is -0.380. The van der Waals surface area contributed by atoms with Crippen LogP contribution in [0.1, 0.15) is 36.8 Å². The predicted octanol–water partition coefficient (Wildman–Crippen LogP) is 3.27. The molecule has 0 aliphatic rings. The fraction of sp³-hybridized carbons (Fsp3) is 0.308. The summed E-state index contributed by atoms with van der Waals surface area (Å²) >= 11 is 5.92. The molecule has 0 spiro atoms. The SMILES string of the molecule is CC(C)(C)c1cc(NC(=O)c2cnccc2Cl)on1. The van der Waals surface area contributed by atoms with E-state index < -0.39 is 0 Å². The number of anilines is 1. The zero-order valence-electron chi connectivity index (χ0n) is 10.9. The summed E-state index contributed by atoms with van der Waals surface area (Å²) in [5.41, 5.74) is 0.913. The van der Waals surface area contributed by atoms with Crippen LogP contribution in [0.25, 0.3) is 0 Å². The van der Waals surface area contributed by atoms with Crippen LogP contribution in [0.15, 0.2) is 29.0 Å². The van der Waals surface area contributed by atoms with Gasteiger partial charge in [-0.05, 0) is 6.07 Å². The lowest BCUT2D eigenvalue weighted by Gasteiger charge is -2.12. The van der Waals surface area contributed by atoms with Crippen molar-refractivity contribution in [3.63, 3.8) is 0 Å². The number of hydrogen-bond acceptors (Lipinski definition) is 4. The highest BCUT2D eigenvalue weighted by Gasteiger charge is 2.20. The second-order valence-electron chi connectivity index (χ2n) is 5.14. The van der Waals surface area contributed by atoms with Gasteiger partial charge in [-0.1, -0.05) is 37.5 Å². The number of aromatic nitrogens is 2. The molecule has 0 aliphatic carbocycles. The number of carbonyl (C=O) groups is 1. The van der Waals surface area contributed by atoms with Crippen molar-refractivity contribution in [3.05, 3.63) is 40.8 Å². The molecule has 0 aliphatic heterocycles. The fourth-order valence-electron chi connectivity index (χ4n) is 1.41. The normalized spacial score (nSPS) is 11.4. The van der Waals surface area contributed by atoms with E-state index in [1.54, 1.807) is 12.1 Å².